The van der Waals surface area contributed by atoms with Gasteiger partial charge in [-0.3, -0.25) is 0 Å². The summed E-state index contributed by atoms with van der Waals surface area (Å²) in [4.78, 5) is 2.41. The zero-order valence-electron chi connectivity index (χ0n) is 12.0. The van der Waals surface area contributed by atoms with Gasteiger partial charge in [-0.05, 0) is 24.3 Å². The highest BCUT2D eigenvalue weighted by Crippen LogP contribution is 2.38. The van der Waals surface area contributed by atoms with Crippen molar-refractivity contribution >= 4 is 6.08 Å². The van der Waals surface area contributed by atoms with E-state index < -0.39 is 0 Å². The molecule has 1 spiro atoms. The van der Waals surface area contributed by atoms with Gasteiger partial charge in [0.1, 0.15) is 17.1 Å². The molecular weight excluding hydrogens is 252 g/mol. The third kappa shape index (κ3) is 2.53. The molecule has 3 rings (SSSR count). The largest absolute Gasteiger partial charge is 0.497 e. The molecule has 0 saturated carbocycles. The Balaban J connectivity index is 1.74. The molecule has 1 fully saturated rings. The molecule has 1 aromatic rings. The fourth-order valence-electron chi connectivity index (χ4n) is 2.98. The number of benzene rings is 1. The number of hydrogen-bond donors (Lipinski definition) is 1. The van der Waals surface area contributed by atoms with Crippen LogP contribution in [0.25, 0.3) is 6.08 Å². The highest BCUT2D eigenvalue weighted by Gasteiger charge is 2.36. The lowest BCUT2D eigenvalue weighted by Crippen LogP contribution is -2.48. The first kappa shape index (κ1) is 13.5. The van der Waals surface area contributed by atoms with Crippen molar-refractivity contribution in [3.8, 4) is 11.5 Å². The molecular formula is C16H22N2O2. The van der Waals surface area contributed by atoms with Crippen LogP contribution in [0, 0.1) is 0 Å². The monoisotopic (exact) mass is 274 g/mol. The summed E-state index contributed by atoms with van der Waals surface area (Å²) in [5, 5.41) is 0. The van der Waals surface area contributed by atoms with Crippen LogP contribution in [0.3, 0.4) is 0 Å². The molecule has 1 aromatic carbocycles. The standard InChI is InChI=1S/C16H22N2O2/c1-19-14-2-3-15-13(12-14)4-5-16(20-15)6-9-18(10-7-16)11-8-17/h2-5,12H,6-11,17H2,1H3. The second kappa shape index (κ2) is 5.46. The van der Waals surface area contributed by atoms with Gasteiger partial charge in [0.2, 0.25) is 0 Å². The maximum absolute atomic E-state index is 6.29. The maximum Gasteiger partial charge on any atom is 0.130 e. The minimum absolute atomic E-state index is 0.132. The average molecular weight is 274 g/mol. The number of likely N-dealkylation sites (tertiary alicyclic amines) is 1. The van der Waals surface area contributed by atoms with E-state index in [1.807, 2.05) is 18.2 Å². The number of fused-ring (bicyclic) bond motifs is 1. The smallest absolute Gasteiger partial charge is 0.130 e. The van der Waals surface area contributed by atoms with Crippen LogP contribution in [0.4, 0.5) is 0 Å². The summed E-state index contributed by atoms with van der Waals surface area (Å²) < 4.78 is 11.5. The van der Waals surface area contributed by atoms with Crippen LogP contribution >= 0.6 is 0 Å². The fourth-order valence-corrected chi connectivity index (χ4v) is 2.98. The van der Waals surface area contributed by atoms with Crippen molar-refractivity contribution in [1.82, 2.24) is 4.90 Å². The van der Waals surface area contributed by atoms with Gasteiger partial charge in [0.25, 0.3) is 0 Å². The van der Waals surface area contributed by atoms with Gasteiger partial charge in [-0.25, -0.2) is 0 Å². The van der Waals surface area contributed by atoms with Gasteiger partial charge in [-0.2, -0.15) is 0 Å². The Morgan fingerprint density at radius 1 is 1.35 bits per heavy atom. The van der Waals surface area contributed by atoms with E-state index in [0.29, 0.717) is 0 Å². The second-order valence-corrected chi connectivity index (χ2v) is 5.53. The van der Waals surface area contributed by atoms with Crippen molar-refractivity contribution in [3.05, 3.63) is 29.8 Å². The van der Waals surface area contributed by atoms with Crippen molar-refractivity contribution in [2.75, 3.05) is 33.3 Å². The molecule has 2 aliphatic heterocycles. The molecule has 108 valence electrons. The number of rotatable bonds is 3. The fraction of sp³-hybridized carbons (Fsp3) is 0.500. The first-order chi connectivity index (χ1) is 9.74. The molecule has 1 saturated heterocycles. The molecule has 20 heavy (non-hydrogen) atoms. The second-order valence-electron chi connectivity index (χ2n) is 5.53. The van der Waals surface area contributed by atoms with Crippen LogP contribution in [0.1, 0.15) is 18.4 Å². The number of nitrogens with two attached hydrogens (primary N) is 1. The molecule has 4 nitrogen and oxygen atoms in total. The lowest BCUT2D eigenvalue weighted by atomic mass is 9.88. The van der Waals surface area contributed by atoms with Gasteiger partial charge in [0.05, 0.1) is 7.11 Å². The van der Waals surface area contributed by atoms with E-state index in [0.717, 1.165) is 56.1 Å². The summed E-state index contributed by atoms with van der Waals surface area (Å²) in [6, 6.07) is 5.98. The van der Waals surface area contributed by atoms with Crippen molar-refractivity contribution < 1.29 is 9.47 Å². The Bertz CT molecular complexity index is 505. The van der Waals surface area contributed by atoms with Crippen LogP contribution in [0.5, 0.6) is 11.5 Å². The molecule has 0 bridgehead atoms. The third-order valence-corrected chi connectivity index (χ3v) is 4.24. The number of hydrogen-bond acceptors (Lipinski definition) is 4. The van der Waals surface area contributed by atoms with E-state index in [2.05, 4.69) is 17.1 Å². The van der Waals surface area contributed by atoms with E-state index >= 15 is 0 Å². The number of piperidine rings is 1. The van der Waals surface area contributed by atoms with Crippen molar-refractivity contribution in [3.63, 3.8) is 0 Å². The van der Waals surface area contributed by atoms with E-state index in [-0.39, 0.29) is 5.60 Å². The van der Waals surface area contributed by atoms with Crippen molar-refractivity contribution in [2.45, 2.75) is 18.4 Å². The number of nitrogens with zero attached hydrogens (tertiary/aromatic N) is 1. The van der Waals surface area contributed by atoms with E-state index in [1.165, 1.54) is 0 Å². The topological polar surface area (TPSA) is 47.7 Å². The van der Waals surface area contributed by atoms with E-state index in [1.54, 1.807) is 7.11 Å². The highest BCUT2D eigenvalue weighted by atomic mass is 16.5. The Kier molecular flexibility index (Phi) is 3.68. The molecule has 4 heteroatoms. The van der Waals surface area contributed by atoms with E-state index in [9.17, 15) is 0 Å². The summed E-state index contributed by atoms with van der Waals surface area (Å²) >= 11 is 0. The predicted molar refractivity (Wildman–Crippen MR) is 80.1 cm³/mol. The Labute approximate surface area is 120 Å². The quantitative estimate of drug-likeness (QED) is 0.914. The normalized spacial score (nSPS) is 20.5. The Morgan fingerprint density at radius 3 is 2.85 bits per heavy atom. The first-order valence-corrected chi connectivity index (χ1v) is 7.23. The molecule has 0 unspecified atom stereocenters. The minimum Gasteiger partial charge on any atom is -0.497 e. The van der Waals surface area contributed by atoms with Crippen molar-refractivity contribution in [2.24, 2.45) is 5.73 Å². The van der Waals surface area contributed by atoms with Gasteiger partial charge in [-0.15, -0.1) is 0 Å². The van der Waals surface area contributed by atoms with Gasteiger partial charge in [0.15, 0.2) is 0 Å². The molecule has 0 aliphatic carbocycles. The van der Waals surface area contributed by atoms with Crippen LogP contribution in [0.2, 0.25) is 0 Å². The molecule has 0 radical (unpaired) electrons. The zero-order valence-corrected chi connectivity index (χ0v) is 12.0. The molecule has 0 aromatic heterocycles. The lowest BCUT2D eigenvalue weighted by molar-refractivity contribution is 0.0398. The van der Waals surface area contributed by atoms with Crippen LogP contribution in [-0.4, -0.2) is 43.8 Å². The zero-order chi connectivity index (χ0) is 14.0. The number of methoxy groups -OCH3 is 1. The predicted octanol–water partition coefficient (Wildman–Crippen LogP) is 1.89. The van der Waals surface area contributed by atoms with Crippen molar-refractivity contribution in [1.29, 1.82) is 0 Å². The highest BCUT2D eigenvalue weighted by molar-refractivity contribution is 5.63. The minimum atomic E-state index is -0.132. The van der Waals surface area contributed by atoms with Crippen LogP contribution in [-0.2, 0) is 0 Å². The van der Waals surface area contributed by atoms with Gasteiger partial charge in [0, 0.05) is 44.6 Å². The lowest BCUT2D eigenvalue weighted by Gasteiger charge is -2.41. The molecule has 2 N–H and O–H groups in total. The maximum atomic E-state index is 6.29. The van der Waals surface area contributed by atoms with Gasteiger partial charge in [-0.1, -0.05) is 6.08 Å². The molecule has 0 atom stereocenters. The first-order valence-electron chi connectivity index (χ1n) is 7.23. The summed E-state index contributed by atoms with van der Waals surface area (Å²) in [6.07, 6.45) is 6.43. The van der Waals surface area contributed by atoms with Crippen LogP contribution in [0.15, 0.2) is 24.3 Å². The van der Waals surface area contributed by atoms with Gasteiger partial charge >= 0.3 is 0 Å². The molecule has 2 aliphatic rings. The summed E-state index contributed by atoms with van der Waals surface area (Å²) in [6.45, 7) is 3.81. The molecule has 0 amide bonds. The third-order valence-electron chi connectivity index (χ3n) is 4.24. The SMILES string of the molecule is COc1ccc2c(c1)C=CC1(CCN(CCN)CC1)O2. The summed E-state index contributed by atoms with van der Waals surface area (Å²) in [5.74, 6) is 1.83. The Hall–Kier alpha value is -1.52. The summed E-state index contributed by atoms with van der Waals surface area (Å²) in [7, 11) is 1.68. The number of ether oxygens (including phenoxy) is 2. The summed E-state index contributed by atoms with van der Waals surface area (Å²) in [5.41, 5.74) is 6.59. The Morgan fingerprint density at radius 2 is 2.15 bits per heavy atom. The van der Waals surface area contributed by atoms with Gasteiger partial charge < -0.3 is 20.1 Å². The van der Waals surface area contributed by atoms with Crippen LogP contribution < -0.4 is 15.2 Å². The average Bonchev–Trinajstić information content (AvgIpc) is 2.50. The van der Waals surface area contributed by atoms with E-state index in [4.69, 9.17) is 15.2 Å². The molecule has 2 heterocycles.